The number of unbranched alkanes of at least 4 members (excludes halogenated alkanes) is 15. The molecule has 0 aliphatic heterocycles. The van der Waals surface area contributed by atoms with E-state index in [1.165, 1.54) is 152 Å². The smallest absolute Gasteiger partial charge is 0.0585 e. The lowest BCUT2D eigenvalue weighted by Gasteiger charge is -2.26. The molecule has 0 radical (unpaired) electrons. The number of aryl methyl sites for hydroxylation is 1. The van der Waals surface area contributed by atoms with E-state index < -0.39 is 0 Å². The van der Waals surface area contributed by atoms with Gasteiger partial charge >= 0.3 is 0 Å². The Kier molecular flexibility index (Phi) is 14.6. The second-order valence-corrected chi connectivity index (χ2v) is 10.5. The summed E-state index contributed by atoms with van der Waals surface area (Å²) in [7, 11) is 0. The van der Waals surface area contributed by atoms with E-state index in [-0.39, 0.29) is 0 Å². The maximum absolute atomic E-state index is 6.45. The molecule has 32 heavy (non-hydrogen) atoms. The molecule has 4 N–H and O–H groups in total. The summed E-state index contributed by atoms with van der Waals surface area (Å²) in [6.07, 6.45) is 30.6. The zero-order chi connectivity index (χ0) is 22.9. The first-order valence-electron chi connectivity index (χ1n) is 14.4. The Labute approximate surface area is 200 Å². The summed E-state index contributed by atoms with van der Waals surface area (Å²) < 4.78 is 0. The predicted octanol–water partition coefficient (Wildman–Crippen LogP) is 9.70. The Bertz CT molecular complexity index is 589. The highest BCUT2D eigenvalue weighted by Crippen LogP contribution is 2.40. The van der Waals surface area contributed by atoms with Crippen molar-refractivity contribution in [1.82, 2.24) is 0 Å². The Morgan fingerprint density at radius 2 is 1.09 bits per heavy atom. The van der Waals surface area contributed by atoms with Crippen LogP contribution < -0.4 is 11.5 Å². The van der Waals surface area contributed by atoms with Crippen molar-refractivity contribution in [2.75, 3.05) is 11.5 Å². The lowest BCUT2D eigenvalue weighted by Crippen LogP contribution is -2.12. The van der Waals surface area contributed by atoms with Crippen LogP contribution in [0.4, 0.5) is 11.4 Å². The number of hydrogen-bond acceptors (Lipinski definition) is 2. The Balaban J connectivity index is 1.49. The van der Waals surface area contributed by atoms with Crippen LogP contribution in [0.3, 0.4) is 0 Å². The molecular formula is C30H54N2. The van der Waals surface area contributed by atoms with Gasteiger partial charge in [0.1, 0.15) is 0 Å². The zero-order valence-electron chi connectivity index (χ0n) is 21.4. The van der Waals surface area contributed by atoms with Crippen molar-refractivity contribution >= 4 is 11.4 Å². The highest BCUT2D eigenvalue weighted by atomic mass is 14.7. The molecule has 0 aromatic heterocycles. The van der Waals surface area contributed by atoms with E-state index in [2.05, 4.69) is 13.0 Å². The molecule has 0 amide bonds. The number of hydrogen-bond donors (Lipinski definition) is 2. The van der Waals surface area contributed by atoms with Crippen LogP contribution in [-0.4, -0.2) is 0 Å². The second kappa shape index (κ2) is 17.3. The molecule has 2 rings (SSSR count). The molecule has 2 heteroatoms. The molecule has 1 aromatic rings. The molecule has 0 saturated heterocycles. The molecular weight excluding hydrogens is 388 g/mol. The van der Waals surface area contributed by atoms with Gasteiger partial charge in [-0.25, -0.2) is 0 Å². The normalized spacial score (nSPS) is 14.8. The minimum absolute atomic E-state index is 0.642. The van der Waals surface area contributed by atoms with E-state index in [4.69, 9.17) is 11.5 Å². The van der Waals surface area contributed by atoms with Crippen molar-refractivity contribution in [2.24, 2.45) is 0 Å². The number of benzene rings is 1. The summed E-state index contributed by atoms with van der Waals surface area (Å²) in [5.74, 6) is 0.642. The van der Waals surface area contributed by atoms with E-state index in [1.54, 1.807) is 0 Å². The number of rotatable bonds is 18. The van der Waals surface area contributed by atoms with E-state index in [0.29, 0.717) is 5.92 Å². The summed E-state index contributed by atoms with van der Waals surface area (Å²) in [6, 6.07) is 4.30. The van der Waals surface area contributed by atoms with Crippen molar-refractivity contribution in [3.05, 3.63) is 23.3 Å². The fourth-order valence-electron chi connectivity index (χ4n) is 5.65. The number of anilines is 2. The molecule has 2 nitrogen and oxygen atoms in total. The summed E-state index contributed by atoms with van der Waals surface area (Å²) >= 11 is 0. The lowest BCUT2D eigenvalue weighted by atomic mass is 9.80. The molecule has 0 spiro atoms. The van der Waals surface area contributed by atoms with Gasteiger partial charge in [-0.15, -0.1) is 0 Å². The molecule has 0 bridgehead atoms. The molecule has 0 atom stereocenters. The monoisotopic (exact) mass is 442 g/mol. The Morgan fingerprint density at radius 3 is 1.59 bits per heavy atom. The van der Waals surface area contributed by atoms with Crippen LogP contribution in [0, 0.1) is 0 Å². The van der Waals surface area contributed by atoms with Crippen LogP contribution in [0.5, 0.6) is 0 Å². The third-order valence-electron chi connectivity index (χ3n) is 7.72. The van der Waals surface area contributed by atoms with Gasteiger partial charge in [0.25, 0.3) is 0 Å². The molecule has 1 aliphatic carbocycles. The van der Waals surface area contributed by atoms with Gasteiger partial charge in [0.2, 0.25) is 0 Å². The summed E-state index contributed by atoms with van der Waals surface area (Å²) in [4.78, 5) is 0. The first-order valence-corrected chi connectivity index (χ1v) is 14.4. The standard InChI is InChI=1S/C30H54N2/c1-2-3-4-5-6-7-8-9-10-11-12-13-14-15-16-18-23-27-24-25-28(31)30(32)29(27)26-21-19-17-20-22-26/h24-26H,2-23,31-32H2,1H3. The minimum Gasteiger partial charge on any atom is -0.397 e. The van der Waals surface area contributed by atoms with Crippen molar-refractivity contribution in [3.8, 4) is 0 Å². The van der Waals surface area contributed by atoms with Crippen molar-refractivity contribution in [3.63, 3.8) is 0 Å². The second-order valence-electron chi connectivity index (χ2n) is 10.5. The Morgan fingerprint density at radius 1 is 0.625 bits per heavy atom. The van der Waals surface area contributed by atoms with Gasteiger partial charge in [-0.05, 0) is 48.8 Å². The van der Waals surface area contributed by atoms with Crippen LogP contribution in [0.1, 0.15) is 159 Å². The van der Waals surface area contributed by atoms with E-state index >= 15 is 0 Å². The maximum Gasteiger partial charge on any atom is 0.0585 e. The highest BCUT2D eigenvalue weighted by molar-refractivity contribution is 5.70. The minimum atomic E-state index is 0.642. The fraction of sp³-hybridized carbons (Fsp3) is 0.800. The molecule has 0 heterocycles. The first-order chi connectivity index (χ1) is 15.7. The van der Waals surface area contributed by atoms with Gasteiger partial charge in [-0.3, -0.25) is 0 Å². The molecule has 1 fully saturated rings. The largest absolute Gasteiger partial charge is 0.397 e. The zero-order valence-corrected chi connectivity index (χ0v) is 21.4. The lowest BCUT2D eigenvalue weighted by molar-refractivity contribution is 0.442. The number of nitrogens with two attached hydrogens (primary N) is 2. The van der Waals surface area contributed by atoms with Gasteiger partial charge in [0, 0.05) is 0 Å². The van der Waals surface area contributed by atoms with Gasteiger partial charge in [0.05, 0.1) is 11.4 Å². The molecule has 1 saturated carbocycles. The van der Waals surface area contributed by atoms with E-state index in [9.17, 15) is 0 Å². The third-order valence-corrected chi connectivity index (χ3v) is 7.72. The first kappa shape index (κ1) is 27.1. The van der Waals surface area contributed by atoms with Crippen LogP contribution in [0.25, 0.3) is 0 Å². The number of nitrogen functional groups attached to an aromatic ring is 2. The maximum atomic E-state index is 6.45. The topological polar surface area (TPSA) is 52.0 Å². The molecule has 184 valence electrons. The average molecular weight is 443 g/mol. The van der Waals surface area contributed by atoms with E-state index in [0.717, 1.165) is 11.4 Å². The highest BCUT2D eigenvalue weighted by Gasteiger charge is 2.21. The average Bonchev–Trinajstić information content (AvgIpc) is 2.81. The van der Waals surface area contributed by atoms with Gasteiger partial charge in [0.15, 0.2) is 0 Å². The van der Waals surface area contributed by atoms with Gasteiger partial charge < -0.3 is 11.5 Å². The van der Waals surface area contributed by atoms with Crippen LogP contribution >= 0.6 is 0 Å². The van der Waals surface area contributed by atoms with Crippen LogP contribution in [0.2, 0.25) is 0 Å². The van der Waals surface area contributed by atoms with Crippen molar-refractivity contribution in [2.45, 2.75) is 154 Å². The van der Waals surface area contributed by atoms with Crippen LogP contribution in [-0.2, 0) is 6.42 Å². The van der Waals surface area contributed by atoms with Gasteiger partial charge in [-0.2, -0.15) is 0 Å². The summed E-state index contributed by atoms with van der Waals surface area (Å²) in [6.45, 7) is 2.30. The molecule has 1 aromatic carbocycles. The van der Waals surface area contributed by atoms with E-state index in [1.807, 2.05) is 6.07 Å². The summed E-state index contributed by atoms with van der Waals surface area (Å²) in [5, 5.41) is 0. The third kappa shape index (κ3) is 10.6. The fourth-order valence-corrected chi connectivity index (χ4v) is 5.65. The van der Waals surface area contributed by atoms with Crippen LogP contribution in [0.15, 0.2) is 12.1 Å². The van der Waals surface area contributed by atoms with Gasteiger partial charge in [-0.1, -0.05) is 129 Å². The molecule has 0 unspecified atom stereocenters. The molecule has 1 aliphatic rings. The quantitative estimate of drug-likeness (QED) is 0.175. The summed E-state index contributed by atoms with van der Waals surface area (Å²) in [5.41, 5.74) is 17.2. The van der Waals surface area contributed by atoms with Crippen molar-refractivity contribution in [1.29, 1.82) is 0 Å². The SMILES string of the molecule is CCCCCCCCCCCCCCCCCCc1ccc(N)c(N)c1C1CCCCC1. The predicted molar refractivity (Wildman–Crippen MR) is 144 cm³/mol. The van der Waals surface area contributed by atoms with Crippen molar-refractivity contribution < 1.29 is 0 Å². The Hall–Kier alpha value is -1.18.